The molecule has 2 fully saturated rings. The summed E-state index contributed by atoms with van der Waals surface area (Å²) >= 11 is 0. The van der Waals surface area contributed by atoms with Crippen molar-refractivity contribution in [2.24, 2.45) is 0 Å². The second-order valence-corrected chi connectivity index (χ2v) is 10.9. The summed E-state index contributed by atoms with van der Waals surface area (Å²) in [5.74, 6) is -0.104. The molecule has 39 heavy (non-hydrogen) atoms. The van der Waals surface area contributed by atoms with Gasteiger partial charge in [-0.25, -0.2) is 9.50 Å². The molecule has 4 heterocycles. The van der Waals surface area contributed by atoms with E-state index in [4.69, 9.17) is 4.74 Å². The lowest BCUT2D eigenvalue weighted by Gasteiger charge is -2.34. The summed E-state index contributed by atoms with van der Waals surface area (Å²) in [6.45, 7) is 6.72. The molecule has 1 aliphatic carbocycles. The number of halogens is 3. The van der Waals surface area contributed by atoms with Crippen LogP contribution in [0.15, 0.2) is 24.7 Å². The van der Waals surface area contributed by atoms with Crippen molar-refractivity contribution in [2.45, 2.75) is 76.2 Å². The van der Waals surface area contributed by atoms with Gasteiger partial charge in [-0.15, -0.1) is 5.10 Å². The Morgan fingerprint density at radius 3 is 2.51 bits per heavy atom. The molecule has 0 spiro atoms. The van der Waals surface area contributed by atoms with Crippen molar-refractivity contribution in [3.63, 3.8) is 0 Å². The molecule has 3 aromatic rings. The maximum absolute atomic E-state index is 13.3. The molecule has 212 valence electrons. The number of carbonyl (C=O) groups excluding carboxylic acids is 1. The molecular formula is C26H34F3N7O3. The fraction of sp³-hybridized carbons (Fsp3) is 0.615. The number of rotatable bonds is 6. The molecule has 0 unspecified atom stereocenters. The van der Waals surface area contributed by atoms with Gasteiger partial charge in [-0.2, -0.15) is 18.3 Å². The topological polar surface area (TPSA) is 110 Å². The van der Waals surface area contributed by atoms with Crippen molar-refractivity contribution in [1.82, 2.24) is 29.3 Å². The van der Waals surface area contributed by atoms with E-state index >= 15 is 0 Å². The highest BCUT2D eigenvalue weighted by Crippen LogP contribution is 2.38. The van der Waals surface area contributed by atoms with Crippen LogP contribution in [-0.4, -0.2) is 84.9 Å². The minimum absolute atomic E-state index is 0.0542. The number of carbonyl (C=O) groups is 1. The van der Waals surface area contributed by atoms with Crippen LogP contribution in [0.4, 0.5) is 19.1 Å². The number of hydrogen-bond donors (Lipinski definition) is 2. The Morgan fingerprint density at radius 2 is 1.85 bits per heavy atom. The third-order valence-corrected chi connectivity index (χ3v) is 7.78. The summed E-state index contributed by atoms with van der Waals surface area (Å²) in [6, 6.07) is 0.157. The number of hydrogen-bond acceptors (Lipinski definition) is 7. The molecule has 1 aliphatic heterocycles. The zero-order chi connectivity index (χ0) is 27.9. The first-order valence-corrected chi connectivity index (χ1v) is 13.3. The largest absolute Gasteiger partial charge is 0.408 e. The van der Waals surface area contributed by atoms with Gasteiger partial charge >= 0.3 is 6.18 Å². The van der Waals surface area contributed by atoms with Crippen LogP contribution in [0.3, 0.4) is 0 Å². The summed E-state index contributed by atoms with van der Waals surface area (Å²) in [4.78, 5) is 19.2. The summed E-state index contributed by atoms with van der Waals surface area (Å²) in [6.07, 6.45) is 2.96. The second kappa shape index (κ2) is 10.4. The Balaban J connectivity index is 1.51. The molecule has 0 radical (unpaired) electrons. The van der Waals surface area contributed by atoms with Gasteiger partial charge in [0.1, 0.15) is 11.6 Å². The van der Waals surface area contributed by atoms with Crippen LogP contribution in [0.5, 0.6) is 0 Å². The van der Waals surface area contributed by atoms with Crippen LogP contribution < -0.4 is 5.32 Å². The number of aliphatic hydroxyl groups excluding tert-OH is 1. The maximum Gasteiger partial charge on any atom is 0.408 e. The standard InChI is InChI=1S/C26H34F3N7O3/c1-16(26(27,28)29)32-24-30-14-22-20(12-21(36(22)33-24)17-4-6-19(37)7-5-17)18-13-31-35(15-18)25(2,3)23(38)34-8-10-39-11-9-34/h12-17,19,37H,4-11H2,1-3H3,(H,32,33)/t16-,17?,19?/m0/s1. The van der Waals surface area contributed by atoms with E-state index in [1.165, 1.54) is 6.20 Å². The number of aromatic nitrogens is 5. The Kier molecular flexibility index (Phi) is 7.31. The third-order valence-electron chi connectivity index (χ3n) is 7.78. The highest BCUT2D eigenvalue weighted by Gasteiger charge is 2.37. The van der Waals surface area contributed by atoms with Gasteiger partial charge in [0.2, 0.25) is 11.9 Å². The summed E-state index contributed by atoms with van der Waals surface area (Å²) in [5.41, 5.74) is 2.04. The fourth-order valence-electron chi connectivity index (χ4n) is 5.27. The number of alkyl halides is 3. The molecule has 2 aliphatic rings. The lowest BCUT2D eigenvalue weighted by molar-refractivity contribution is -0.144. The highest BCUT2D eigenvalue weighted by molar-refractivity contribution is 5.85. The van der Waals surface area contributed by atoms with Gasteiger partial charge in [-0.1, -0.05) is 0 Å². The van der Waals surface area contributed by atoms with Crippen LogP contribution in [0, 0.1) is 0 Å². The molecule has 5 rings (SSSR count). The number of amides is 1. The quantitative estimate of drug-likeness (QED) is 0.484. The Bertz CT molecular complexity index is 1320. The Hall–Kier alpha value is -3.19. The van der Waals surface area contributed by atoms with Gasteiger partial charge in [0.25, 0.3) is 0 Å². The van der Waals surface area contributed by atoms with E-state index in [0.29, 0.717) is 44.7 Å². The van der Waals surface area contributed by atoms with Gasteiger partial charge in [0.05, 0.1) is 37.2 Å². The summed E-state index contributed by atoms with van der Waals surface area (Å²) in [7, 11) is 0. The van der Waals surface area contributed by atoms with E-state index in [9.17, 15) is 23.1 Å². The first-order chi connectivity index (χ1) is 18.4. The Labute approximate surface area is 224 Å². The molecule has 1 atom stereocenters. The Morgan fingerprint density at radius 1 is 1.15 bits per heavy atom. The van der Waals surface area contributed by atoms with Crippen molar-refractivity contribution in [3.05, 3.63) is 30.4 Å². The summed E-state index contributed by atoms with van der Waals surface area (Å²) < 4.78 is 48.2. The molecule has 2 N–H and O–H groups in total. The monoisotopic (exact) mass is 549 g/mol. The van der Waals surface area contributed by atoms with E-state index in [1.807, 2.05) is 19.9 Å². The number of nitrogens with zero attached hydrogens (tertiary/aromatic N) is 6. The predicted molar refractivity (Wildman–Crippen MR) is 137 cm³/mol. The van der Waals surface area contributed by atoms with E-state index in [1.54, 1.807) is 26.5 Å². The van der Waals surface area contributed by atoms with Crippen molar-refractivity contribution in [3.8, 4) is 11.1 Å². The maximum atomic E-state index is 13.3. The zero-order valence-electron chi connectivity index (χ0n) is 22.3. The van der Waals surface area contributed by atoms with E-state index in [2.05, 4.69) is 20.5 Å². The second-order valence-electron chi connectivity index (χ2n) is 10.9. The number of nitrogens with one attached hydrogen (secondary N) is 1. The highest BCUT2D eigenvalue weighted by atomic mass is 19.4. The van der Waals surface area contributed by atoms with Crippen molar-refractivity contribution in [1.29, 1.82) is 0 Å². The molecule has 3 aromatic heterocycles. The van der Waals surface area contributed by atoms with Crippen LogP contribution in [-0.2, 0) is 15.1 Å². The van der Waals surface area contributed by atoms with Crippen molar-refractivity contribution < 1.29 is 27.8 Å². The molecule has 1 saturated heterocycles. The van der Waals surface area contributed by atoms with E-state index in [-0.39, 0.29) is 23.9 Å². The average molecular weight is 550 g/mol. The van der Waals surface area contributed by atoms with Crippen LogP contribution in [0.1, 0.15) is 58.1 Å². The van der Waals surface area contributed by atoms with E-state index < -0.39 is 17.8 Å². The number of anilines is 1. The van der Waals surface area contributed by atoms with Gasteiger partial charge in [0.15, 0.2) is 0 Å². The lowest BCUT2D eigenvalue weighted by Crippen LogP contribution is -2.51. The van der Waals surface area contributed by atoms with Crippen molar-refractivity contribution >= 4 is 17.4 Å². The van der Waals surface area contributed by atoms with Gasteiger partial charge in [-0.05, 0) is 52.5 Å². The first-order valence-electron chi connectivity index (χ1n) is 13.3. The summed E-state index contributed by atoms with van der Waals surface area (Å²) in [5, 5.41) is 21.3. The van der Waals surface area contributed by atoms with E-state index in [0.717, 1.165) is 36.6 Å². The average Bonchev–Trinajstić information content (AvgIpc) is 3.54. The molecule has 10 nitrogen and oxygen atoms in total. The normalized spacial score (nSPS) is 21.8. The number of ether oxygens (including phenoxy) is 1. The third kappa shape index (κ3) is 5.46. The van der Waals surface area contributed by atoms with Gasteiger partial charge in [0, 0.05) is 42.0 Å². The van der Waals surface area contributed by atoms with Crippen molar-refractivity contribution in [2.75, 3.05) is 31.6 Å². The first kappa shape index (κ1) is 27.4. The number of fused-ring (bicyclic) bond motifs is 1. The molecule has 0 bridgehead atoms. The molecule has 1 amide bonds. The smallest absolute Gasteiger partial charge is 0.393 e. The minimum atomic E-state index is -4.44. The van der Waals surface area contributed by atoms with Gasteiger partial charge < -0.3 is 20.1 Å². The van der Waals surface area contributed by atoms with Crippen LogP contribution in [0.25, 0.3) is 16.6 Å². The lowest BCUT2D eigenvalue weighted by atomic mass is 9.85. The van der Waals surface area contributed by atoms with Crippen LogP contribution in [0.2, 0.25) is 0 Å². The SMILES string of the molecule is C[C@H](Nc1ncc2c(-c3cnn(C(C)(C)C(=O)N4CCOCC4)c3)cc(C3CCC(O)CC3)n2n1)C(F)(F)F. The number of morpholine rings is 1. The molecular weight excluding hydrogens is 515 g/mol. The number of aliphatic hydroxyl groups is 1. The molecule has 0 aromatic carbocycles. The molecule has 1 saturated carbocycles. The fourth-order valence-corrected chi connectivity index (χ4v) is 5.27. The van der Waals surface area contributed by atoms with Gasteiger partial charge in [-0.3, -0.25) is 9.48 Å². The predicted octanol–water partition coefficient (Wildman–Crippen LogP) is 3.57. The molecule has 13 heteroatoms. The minimum Gasteiger partial charge on any atom is -0.393 e. The zero-order valence-corrected chi connectivity index (χ0v) is 22.3. The van der Waals surface area contributed by atoms with Crippen LogP contribution >= 0.6 is 0 Å².